The van der Waals surface area contributed by atoms with E-state index in [-0.39, 0.29) is 0 Å². The first-order chi connectivity index (χ1) is 28.2. The number of para-hydroxylation sites is 1. The molecule has 0 saturated carbocycles. The highest BCUT2D eigenvalue weighted by Crippen LogP contribution is 2.42. The van der Waals surface area contributed by atoms with Gasteiger partial charge in [0.05, 0.1) is 34.1 Å². The van der Waals surface area contributed by atoms with Gasteiger partial charge in [0.1, 0.15) is 0 Å². The van der Waals surface area contributed by atoms with Crippen LogP contribution < -0.4 is 0 Å². The zero-order valence-corrected chi connectivity index (χ0v) is 30.8. The maximum absolute atomic E-state index is 9.77. The van der Waals surface area contributed by atoms with Gasteiger partial charge in [0.15, 0.2) is 0 Å². The summed E-state index contributed by atoms with van der Waals surface area (Å²) in [6.07, 6.45) is 3.62. The number of nitriles is 1. The Morgan fingerprint density at radius 3 is 1.68 bits per heavy atom. The van der Waals surface area contributed by atoms with Crippen molar-refractivity contribution >= 4 is 54.1 Å². The number of hydrogen-bond donors (Lipinski definition) is 0. The van der Waals surface area contributed by atoms with Crippen molar-refractivity contribution in [1.29, 1.82) is 5.26 Å². The molecule has 4 heteroatoms. The van der Waals surface area contributed by atoms with E-state index in [0.29, 0.717) is 5.56 Å². The fraction of sp³-hybridized carbons (Fsp3) is 0. The molecule has 3 heterocycles. The molecule has 4 nitrogen and oxygen atoms in total. The molecular formula is C53H32N4. The molecule has 0 amide bonds. The van der Waals surface area contributed by atoms with Gasteiger partial charge in [-0.05, 0) is 133 Å². The van der Waals surface area contributed by atoms with Gasteiger partial charge in [0, 0.05) is 40.0 Å². The smallest absolute Gasteiger partial charge is 0.0991 e. The van der Waals surface area contributed by atoms with Gasteiger partial charge in [-0.3, -0.25) is 4.98 Å². The van der Waals surface area contributed by atoms with E-state index in [0.717, 1.165) is 66.7 Å². The second-order valence-corrected chi connectivity index (χ2v) is 14.5. The molecule has 0 aliphatic heterocycles. The van der Waals surface area contributed by atoms with Crippen LogP contribution in [0.3, 0.4) is 0 Å². The van der Waals surface area contributed by atoms with Crippen molar-refractivity contribution in [2.75, 3.05) is 0 Å². The standard InChI is InChI=1S/C53H32N4/c54-33-34-17-23-52-48(29-34)49-30-38(22-24-53(49)57(52)39-9-2-1-3-10-39)35-18-20-36(21-19-35)44-31-45-42-13-6-7-14-43(42)47(32-46(45)41-12-5-4-11-40(41)44)51-16-8-15-50(56-51)37-25-27-55-28-26-37/h1-32H. The van der Waals surface area contributed by atoms with Gasteiger partial charge in [0.2, 0.25) is 0 Å². The highest BCUT2D eigenvalue weighted by atomic mass is 15.0. The summed E-state index contributed by atoms with van der Waals surface area (Å²) in [6, 6.07) is 66.8. The Morgan fingerprint density at radius 1 is 0.386 bits per heavy atom. The number of benzene rings is 8. The Hall–Kier alpha value is -7.87. The molecule has 0 aliphatic rings. The number of nitrogens with zero attached hydrogens (tertiary/aromatic N) is 4. The Kier molecular flexibility index (Phi) is 7.52. The Labute approximate surface area is 329 Å². The summed E-state index contributed by atoms with van der Waals surface area (Å²) < 4.78 is 2.28. The van der Waals surface area contributed by atoms with Crippen molar-refractivity contribution in [2.45, 2.75) is 0 Å². The van der Waals surface area contributed by atoms with E-state index in [4.69, 9.17) is 4.98 Å². The average molecular weight is 725 g/mol. The van der Waals surface area contributed by atoms with Crippen molar-refractivity contribution in [1.82, 2.24) is 14.5 Å². The maximum Gasteiger partial charge on any atom is 0.0991 e. The molecule has 0 fully saturated rings. The third-order valence-electron chi connectivity index (χ3n) is 11.3. The predicted molar refractivity (Wildman–Crippen MR) is 235 cm³/mol. The van der Waals surface area contributed by atoms with Crippen molar-refractivity contribution in [2.24, 2.45) is 0 Å². The largest absolute Gasteiger partial charge is 0.309 e. The minimum absolute atomic E-state index is 0.655. The van der Waals surface area contributed by atoms with E-state index in [1.807, 2.05) is 42.7 Å². The topological polar surface area (TPSA) is 54.5 Å². The first kappa shape index (κ1) is 32.6. The predicted octanol–water partition coefficient (Wildman–Crippen LogP) is 13.6. The maximum atomic E-state index is 9.77. The van der Waals surface area contributed by atoms with Crippen molar-refractivity contribution in [3.63, 3.8) is 0 Å². The third kappa shape index (κ3) is 5.37. The third-order valence-corrected chi connectivity index (χ3v) is 11.3. The molecule has 264 valence electrons. The molecule has 57 heavy (non-hydrogen) atoms. The van der Waals surface area contributed by atoms with E-state index < -0.39 is 0 Å². The SMILES string of the molecule is N#Cc1ccc2c(c1)c1cc(-c3ccc(-c4cc5c6ccccc6c(-c6cccc(-c7ccncc7)n6)cc5c5ccccc45)cc3)ccc1n2-c1ccccc1. The summed E-state index contributed by atoms with van der Waals surface area (Å²) in [6.45, 7) is 0. The van der Waals surface area contributed by atoms with Gasteiger partial charge in [0.25, 0.3) is 0 Å². The van der Waals surface area contributed by atoms with E-state index in [1.54, 1.807) is 0 Å². The zero-order chi connectivity index (χ0) is 37.9. The van der Waals surface area contributed by atoms with E-state index in [2.05, 4.69) is 167 Å². The van der Waals surface area contributed by atoms with E-state index in [9.17, 15) is 5.26 Å². The molecule has 0 aliphatic carbocycles. The Morgan fingerprint density at radius 2 is 0.965 bits per heavy atom. The summed E-state index contributed by atoms with van der Waals surface area (Å²) in [5.74, 6) is 0. The van der Waals surface area contributed by atoms with E-state index >= 15 is 0 Å². The van der Waals surface area contributed by atoms with Crippen LogP contribution in [0, 0.1) is 11.3 Å². The van der Waals surface area contributed by atoms with Crippen LogP contribution in [0.25, 0.3) is 105 Å². The molecular weight excluding hydrogens is 693 g/mol. The number of fused-ring (bicyclic) bond motifs is 8. The molecule has 0 bridgehead atoms. The first-order valence-electron chi connectivity index (χ1n) is 19.1. The highest BCUT2D eigenvalue weighted by molar-refractivity contribution is 6.23. The van der Waals surface area contributed by atoms with Crippen LogP contribution in [0.15, 0.2) is 194 Å². The summed E-state index contributed by atoms with van der Waals surface area (Å²) in [7, 11) is 0. The molecule has 0 unspecified atom stereocenters. The molecule has 0 N–H and O–H groups in total. The summed E-state index contributed by atoms with van der Waals surface area (Å²) in [5, 5.41) is 19.2. The fourth-order valence-electron chi connectivity index (χ4n) is 8.64. The summed E-state index contributed by atoms with van der Waals surface area (Å²) in [4.78, 5) is 9.36. The lowest BCUT2D eigenvalue weighted by atomic mass is 9.88. The second kappa shape index (κ2) is 13.2. The molecule has 3 aromatic heterocycles. The fourth-order valence-corrected chi connectivity index (χ4v) is 8.64. The van der Waals surface area contributed by atoms with Crippen molar-refractivity contribution in [3.05, 3.63) is 200 Å². The number of rotatable bonds is 5. The monoisotopic (exact) mass is 724 g/mol. The van der Waals surface area contributed by atoms with Gasteiger partial charge < -0.3 is 4.57 Å². The van der Waals surface area contributed by atoms with Crippen LogP contribution >= 0.6 is 0 Å². The summed E-state index contributed by atoms with van der Waals surface area (Å²) in [5.41, 5.74) is 12.6. The lowest BCUT2D eigenvalue weighted by Gasteiger charge is -2.16. The second-order valence-electron chi connectivity index (χ2n) is 14.5. The van der Waals surface area contributed by atoms with E-state index in [1.165, 1.54) is 37.9 Å². The van der Waals surface area contributed by atoms with Crippen LogP contribution in [0.2, 0.25) is 0 Å². The number of aromatic nitrogens is 3. The van der Waals surface area contributed by atoms with Crippen LogP contribution in [-0.2, 0) is 0 Å². The van der Waals surface area contributed by atoms with Crippen LogP contribution in [0.1, 0.15) is 5.56 Å². The van der Waals surface area contributed by atoms with Crippen LogP contribution in [0.5, 0.6) is 0 Å². The van der Waals surface area contributed by atoms with Gasteiger partial charge >= 0.3 is 0 Å². The molecule has 11 aromatic rings. The molecule has 11 rings (SSSR count). The van der Waals surface area contributed by atoms with Gasteiger partial charge in [-0.1, -0.05) is 103 Å². The number of hydrogen-bond acceptors (Lipinski definition) is 3. The molecule has 0 saturated heterocycles. The average Bonchev–Trinajstić information content (AvgIpc) is 3.62. The lowest BCUT2D eigenvalue weighted by Crippen LogP contribution is -1.93. The summed E-state index contributed by atoms with van der Waals surface area (Å²) >= 11 is 0. The normalized spacial score (nSPS) is 11.5. The van der Waals surface area contributed by atoms with Gasteiger partial charge in [-0.2, -0.15) is 5.26 Å². The zero-order valence-electron chi connectivity index (χ0n) is 30.8. The Bertz CT molecular complexity index is 3390. The Balaban J connectivity index is 1.04. The minimum Gasteiger partial charge on any atom is -0.309 e. The first-order valence-corrected chi connectivity index (χ1v) is 19.1. The van der Waals surface area contributed by atoms with Gasteiger partial charge in [-0.25, -0.2) is 4.98 Å². The highest BCUT2D eigenvalue weighted by Gasteiger charge is 2.17. The number of pyridine rings is 2. The molecule has 8 aromatic carbocycles. The van der Waals surface area contributed by atoms with Crippen LogP contribution in [0.4, 0.5) is 0 Å². The van der Waals surface area contributed by atoms with Gasteiger partial charge in [-0.15, -0.1) is 0 Å². The molecule has 0 spiro atoms. The quantitative estimate of drug-likeness (QED) is 0.166. The van der Waals surface area contributed by atoms with Crippen molar-refractivity contribution in [3.8, 4) is 56.5 Å². The molecule has 0 radical (unpaired) electrons. The van der Waals surface area contributed by atoms with Crippen molar-refractivity contribution < 1.29 is 0 Å². The lowest BCUT2D eigenvalue weighted by molar-refractivity contribution is 1.18. The van der Waals surface area contributed by atoms with Crippen LogP contribution in [-0.4, -0.2) is 14.5 Å². The minimum atomic E-state index is 0.655. The molecule has 0 atom stereocenters.